The van der Waals surface area contributed by atoms with Gasteiger partial charge in [-0.15, -0.1) is 0 Å². The fourth-order valence-electron chi connectivity index (χ4n) is 3.04. The molecule has 1 unspecified atom stereocenters. The lowest BCUT2D eigenvalue weighted by Gasteiger charge is -2.22. The summed E-state index contributed by atoms with van der Waals surface area (Å²) in [5.74, 6) is -0.0739. The van der Waals surface area contributed by atoms with Crippen LogP contribution in [0.5, 0.6) is 0 Å². The van der Waals surface area contributed by atoms with Crippen molar-refractivity contribution in [3.05, 3.63) is 34.3 Å². The van der Waals surface area contributed by atoms with E-state index in [0.29, 0.717) is 12.1 Å². The number of hydrogen-bond donors (Lipinski definition) is 1. The van der Waals surface area contributed by atoms with Gasteiger partial charge in [0.1, 0.15) is 0 Å². The smallest absolute Gasteiger partial charge is 0.408 e. The maximum absolute atomic E-state index is 11.7. The third-order valence-corrected chi connectivity index (χ3v) is 4.12. The Kier molecular flexibility index (Phi) is 5.23. The lowest BCUT2D eigenvalue weighted by molar-refractivity contribution is 0.0965. The number of hydrogen-bond acceptors (Lipinski definition) is 3. The van der Waals surface area contributed by atoms with E-state index >= 15 is 0 Å². The van der Waals surface area contributed by atoms with Crippen molar-refractivity contribution in [2.45, 2.75) is 59.1 Å². The number of benzene rings is 1. The summed E-state index contributed by atoms with van der Waals surface area (Å²) in [5, 5.41) is 10.6. The van der Waals surface area contributed by atoms with Crippen molar-refractivity contribution in [2.24, 2.45) is 5.92 Å². The van der Waals surface area contributed by atoms with Crippen LogP contribution < -0.4 is 5.76 Å². The van der Waals surface area contributed by atoms with Crippen LogP contribution in [0.3, 0.4) is 0 Å². The highest BCUT2D eigenvalue weighted by molar-refractivity contribution is 5.73. The van der Waals surface area contributed by atoms with Crippen LogP contribution in [0, 0.1) is 5.92 Å². The van der Waals surface area contributed by atoms with Crippen LogP contribution in [0.4, 0.5) is 0 Å². The molecule has 4 nitrogen and oxygen atoms in total. The Bertz CT molecular complexity index is 635. The highest BCUT2D eigenvalue weighted by atomic mass is 16.4. The molecule has 0 amide bonds. The van der Waals surface area contributed by atoms with Gasteiger partial charge in [-0.1, -0.05) is 32.8 Å². The zero-order valence-corrected chi connectivity index (χ0v) is 13.1. The molecule has 1 atom stereocenters. The Morgan fingerprint density at radius 1 is 1.19 bits per heavy atom. The monoisotopic (exact) mass is 291 g/mol. The van der Waals surface area contributed by atoms with Crippen LogP contribution in [0.25, 0.3) is 11.1 Å². The average Bonchev–Trinajstić information content (AvgIpc) is 2.80. The summed E-state index contributed by atoms with van der Waals surface area (Å²) >= 11 is 0. The summed E-state index contributed by atoms with van der Waals surface area (Å²) in [5.41, 5.74) is 2.19. The van der Waals surface area contributed by atoms with Crippen LogP contribution in [0.2, 0.25) is 0 Å². The topological polar surface area (TPSA) is 55.4 Å². The summed E-state index contributed by atoms with van der Waals surface area (Å²) in [7, 11) is 0. The zero-order chi connectivity index (χ0) is 15.4. The van der Waals surface area contributed by atoms with Gasteiger partial charge in [0.2, 0.25) is 0 Å². The van der Waals surface area contributed by atoms with Crippen LogP contribution >= 0.6 is 0 Å². The molecule has 0 aliphatic carbocycles. The Morgan fingerprint density at radius 2 is 1.86 bits per heavy atom. The Morgan fingerprint density at radius 3 is 2.43 bits per heavy atom. The van der Waals surface area contributed by atoms with Gasteiger partial charge in [0.25, 0.3) is 0 Å². The molecule has 1 aromatic carbocycles. The molecule has 2 rings (SSSR count). The van der Waals surface area contributed by atoms with Crippen molar-refractivity contribution in [1.29, 1.82) is 0 Å². The minimum Gasteiger partial charge on any atom is -0.408 e. The highest BCUT2D eigenvalue weighted by Crippen LogP contribution is 2.31. The Hall–Kier alpha value is -1.55. The predicted molar refractivity (Wildman–Crippen MR) is 84.4 cm³/mol. The minimum absolute atomic E-state index is 0.262. The summed E-state index contributed by atoms with van der Waals surface area (Å²) in [6, 6.07) is 5.59. The molecule has 0 fully saturated rings. The van der Waals surface area contributed by atoms with Crippen LogP contribution in [-0.4, -0.2) is 9.67 Å². The van der Waals surface area contributed by atoms with Gasteiger partial charge in [0.05, 0.1) is 11.6 Å². The number of nitrogens with zero attached hydrogens (tertiary/aromatic N) is 1. The Balaban J connectivity index is 2.35. The van der Waals surface area contributed by atoms with Crippen molar-refractivity contribution in [3.63, 3.8) is 0 Å². The van der Waals surface area contributed by atoms with Crippen molar-refractivity contribution in [1.82, 2.24) is 4.57 Å². The first kappa shape index (κ1) is 15.8. The van der Waals surface area contributed by atoms with E-state index in [1.807, 2.05) is 25.1 Å². The molecule has 21 heavy (non-hydrogen) atoms. The quantitative estimate of drug-likeness (QED) is 0.842. The van der Waals surface area contributed by atoms with Crippen molar-refractivity contribution in [3.8, 4) is 0 Å². The summed E-state index contributed by atoms with van der Waals surface area (Å²) in [4.78, 5) is 11.7. The van der Waals surface area contributed by atoms with E-state index in [1.54, 1.807) is 4.57 Å². The molecule has 1 heterocycles. The van der Waals surface area contributed by atoms with Crippen molar-refractivity contribution in [2.75, 3.05) is 0 Å². The molecule has 0 aliphatic heterocycles. The number of oxazole rings is 1. The fourth-order valence-corrected chi connectivity index (χ4v) is 3.04. The lowest BCUT2D eigenvalue weighted by atomic mass is 9.88. The van der Waals surface area contributed by atoms with Gasteiger partial charge >= 0.3 is 5.76 Å². The van der Waals surface area contributed by atoms with Gasteiger partial charge in [-0.05, 0) is 43.4 Å². The molecule has 1 aromatic heterocycles. The average molecular weight is 291 g/mol. The van der Waals surface area contributed by atoms with E-state index in [1.165, 1.54) is 0 Å². The standard InChI is InChI=1S/C17H25NO3/c1-4-7-12(8-5-2)16(19)13-9-10-14-15(11-13)21-17(20)18(14)6-3/h9-12,16,19H,4-8H2,1-3H3. The second kappa shape index (κ2) is 6.94. The van der Waals surface area contributed by atoms with Crippen LogP contribution in [-0.2, 0) is 6.54 Å². The van der Waals surface area contributed by atoms with Crippen molar-refractivity contribution >= 4 is 11.1 Å². The first-order valence-corrected chi connectivity index (χ1v) is 7.93. The molecule has 0 radical (unpaired) electrons. The largest absolute Gasteiger partial charge is 0.419 e. The number of aliphatic hydroxyl groups excluding tert-OH is 1. The van der Waals surface area contributed by atoms with E-state index in [9.17, 15) is 9.90 Å². The third kappa shape index (κ3) is 3.21. The normalized spacial score (nSPS) is 13.2. The highest BCUT2D eigenvalue weighted by Gasteiger charge is 2.20. The Labute approximate surface area is 125 Å². The van der Waals surface area contributed by atoms with Gasteiger partial charge in [-0.2, -0.15) is 0 Å². The molecule has 0 spiro atoms. The van der Waals surface area contributed by atoms with E-state index < -0.39 is 6.10 Å². The fraction of sp³-hybridized carbons (Fsp3) is 0.588. The second-order valence-electron chi connectivity index (χ2n) is 5.62. The molecule has 2 aromatic rings. The summed E-state index contributed by atoms with van der Waals surface area (Å²) in [6.45, 7) is 6.78. The number of aromatic nitrogens is 1. The van der Waals surface area contributed by atoms with Crippen molar-refractivity contribution < 1.29 is 9.52 Å². The molecule has 0 bridgehead atoms. The minimum atomic E-state index is -0.496. The van der Waals surface area contributed by atoms with Crippen LogP contribution in [0.1, 0.15) is 58.1 Å². The third-order valence-electron chi connectivity index (χ3n) is 4.12. The van der Waals surface area contributed by atoms with Gasteiger partial charge in [0.15, 0.2) is 5.58 Å². The molecular formula is C17H25NO3. The van der Waals surface area contributed by atoms with E-state index in [-0.39, 0.29) is 11.7 Å². The molecule has 4 heteroatoms. The number of fused-ring (bicyclic) bond motifs is 1. The number of aryl methyl sites for hydroxylation is 1. The van der Waals surface area contributed by atoms with Gasteiger partial charge in [-0.3, -0.25) is 4.57 Å². The lowest BCUT2D eigenvalue weighted by Crippen LogP contribution is -2.13. The van der Waals surface area contributed by atoms with E-state index in [2.05, 4.69) is 13.8 Å². The molecule has 1 N–H and O–H groups in total. The zero-order valence-electron chi connectivity index (χ0n) is 13.1. The molecule has 0 aliphatic rings. The SMILES string of the molecule is CCCC(CCC)C(O)c1ccc2c(c1)oc(=O)n2CC. The second-order valence-corrected chi connectivity index (χ2v) is 5.62. The summed E-state index contributed by atoms with van der Waals surface area (Å²) < 4.78 is 6.88. The van der Waals surface area contributed by atoms with Gasteiger partial charge in [0, 0.05) is 6.54 Å². The summed E-state index contributed by atoms with van der Waals surface area (Å²) in [6.07, 6.45) is 3.64. The number of aliphatic hydroxyl groups is 1. The van der Waals surface area contributed by atoms with Gasteiger partial charge < -0.3 is 9.52 Å². The van der Waals surface area contributed by atoms with E-state index in [4.69, 9.17) is 4.42 Å². The molecular weight excluding hydrogens is 266 g/mol. The van der Waals surface area contributed by atoms with E-state index in [0.717, 1.165) is 36.8 Å². The first-order chi connectivity index (χ1) is 10.1. The van der Waals surface area contributed by atoms with Gasteiger partial charge in [-0.25, -0.2) is 4.79 Å². The maximum Gasteiger partial charge on any atom is 0.419 e. The predicted octanol–water partition coefficient (Wildman–Crippen LogP) is 3.86. The number of rotatable bonds is 7. The van der Waals surface area contributed by atoms with Crippen LogP contribution in [0.15, 0.2) is 27.4 Å². The maximum atomic E-state index is 11.7. The molecule has 0 saturated carbocycles. The molecule has 116 valence electrons. The molecule has 0 saturated heterocycles. The first-order valence-electron chi connectivity index (χ1n) is 7.93.